The standard InChI is InChI=1S/C11H15NS/c1-9(2)6-7-13-11-5-3-4-10(12)8-11/h3-5,8H,1,6-7,12H2,2H3. The Kier molecular flexibility index (Phi) is 3.90. The van der Waals surface area contributed by atoms with Gasteiger partial charge >= 0.3 is 0 Å². The number of hydrogen-bond donors (Lipinski definition) is 1. The lowest BCUT2D eigenvalue weighted by molar-refractivity contribution is 1.12. The lowest BCUT2D eigenvalue weighted by Gasteiger charge is -2.01. The van der Waals surface area contributed by atoms with Crippen molar-refractivity contribution in [1.82, 2.24) is 0 Å². The number of allylic oxidation sites excluding steroid dienone is 1. The molecule has 0 bridgehead atoms. The summed E-state index contributed by atoms with van der Waals surface area (Å²) in [5.74, 6) is 1.08. The Morgan fingerprint density at radius 1 is 1.54 bits per heavy atom. The summed E-state index contributed by atoms with van der Waals surface area (Å²) in [6, 6.07) is 7.98. The van der Waals surface area contributed by atoms with E-state index in [1.165, 1.54) is 10.5 Å². The monoisotopic (exact) mass is 193 g/mol. The van der Waals surface area contributed by atoms with Crippen LogP contribution in [0.3, 0.4) is 0 Å². The van der Waals surface area contributed by atoms with Crippen molar-refractivity contribution in [3.8, 4) is 0 Å². The van der Waals surface area contributed by atoms with Gasteiger partial charge in [-0.05, 0) is 31.5 Å². The maximum Gasteiger partial charge on any atom is 0.0325 e. The van der Waals surface area contributed by atoms with Crippen LogP contribution >= 0.6 is 11.8 Å². The second-order valence-corrected chi connectivity index (χ2v) is 4.30. The Morgan fingerprint density at radius 3 is 2.92 bits per heavy atom. The van der Waals surface area contributed by atoms with E-state index in [0.29, 0.717) is 0 Å². The predicted molar refractivity (Wildman–Crippen MR) is 61.0 cm³/mol. The molecule has 0 radical (unpaired) electrons. The molecule has 2 heteroatoms. The molecular formula is C11H15NS. The molecule has 0 aliphatic heterocycles. The van der Waals surface area contributed by atoms with Crippen LogP contribution in [0.5, 0.6) is 0 Å². The molecule has 1 nitrogen and oxygen atoms in total. The minimum Gasteiger partial charge on any atom is -0.399 e. The van der Waals surface area contributed by atoms with Crippen molar-refractivity contribution < 1.29 is 0 Å². The van der Waals surface area contributed by atoms with E-state index in [1.54, 1.807) is 0 Å². The highest BCUT2D eigenvalue weighted by Gasteiger charge is 1.94. The van der Waals surface area contributed by atoms with Crippen LogP contribution in [0.2, 0.25) is 0 Å². The Labute approximate surface area is 84.0 Å². The fraction of sp³-hybridized carbons (Fsp3) is 0.273. The fourth-order valence-electron chi connectivity index (χ4n) is 0.947. The summed E-state index contributed by atoms with van der Waals surface area (Å²) >= 11 is 1.82. The van der Waals surface area contributed by atoms with E-state index in [9.17, 15) is 0 Å². The second kappa shape index (κ2) is 4.97. The van der Waals surface area contributed by atoms with Crippen LogP contribution in [-0.4, -0.2) is 5.75 Å². The van der Waals surface area contributed by atoms with Crippen LogP contribution in [0.4, 0.5) is 5.69 Å². The molecule has 0 fully saturated rings. The Balaban J connectivity index is 2.41. The zero-order valence-corrected chi connectivity index (χ0v) is 8.73. The average Bonchev–Trinajstić information content (AvgIpc) is 2.03. The normalized spacial score (nSPS) is 9.92. The maximum absolute atomic E-state index is 5.66. The molecule has 0 atom stereocenters. The number of hydrogen-bond acceptors (Lipinski definition) is 2. The summed E-state index contributed by atoms with van der Waals surface area (Å²) in [4.78, 5) is 1.24. The predicted octanol–water partition coefficient (Wildman–Crippen LogP) is 3.33. The first-order valence-electron chi connectivity index (χ1n) is 4.31. The second-order valence-electron chi connectivity index (χ2n) is 3.13. The van der Waals surface area contributed by atoms with Crippen LogP contribution < -0.4 is 5.73 Å². The molecule has 70 valence electrons. The quantitative estimate of drug-likeness (QED) is 0.451. The highest BCUT2D eigenvalue weighted by molar-refractivity contribution is 7.99. The van der Waals surface area contributed by atoms with E-state index in [1.807, 2.05) is 30.0 Å². The van der Waals surface area contributed by atoms with Crippen molar-refractivity contribution in [3.63, 3.8) is 0 Å². The van der Waals surface area contributed by atoms with Gasteiger partial charge in [0, 0.05) is 16.3 Å². The van der Waals surface area contributed by atoms with E-state index in [4.69, 9.17) is 5.73 Å². The number of rotatable bonds is 4. The molecule has 0 saturated heterocycles. The first-order chi connectivity index (χ1) is 6.18. The molecule has 0 aromatic heterocycles. The largest absolute Gasteiger partial charge is 0.399 e. The molecule has 1 rings (SSSR count). The SMILES string of the molecule is C=C(C)CCSc1cccc(N)c1. The lowest BCUT2D eigenvalue weighted by Crippen LogP contribution is -1.85. The molecule has 13 heavy (non-hydrogen) atoms. The summed E-state index contributed by atoms with van der Waals surface area (Å²) in [6.07, 6.45) is 1.07. The molecule has 0 aliphatic carbocycles. The van der Waals surface area contributed by atoms with E-state index in [2.05, 4.69) is 19.6 Å². The zero-order chi connectivity index (χ0) is 9.68. The Bertz CT molecular complexity index is 294. The van der Waals surface area contributed by atoms with Crippen molar-refractivity contribution in [3.05, 3.63) is 36.4 Å². The number of anilines is 1. The highest BCUT2D eigenvalue weighted by atomic mass is 32.2. The molecule has 0 spiro atoms. The van der Waals surface area contributed by atoms with Gasteiger partial charge in [0.1, 0.15) is 0 Å². The number of nitrogens with two attached hydrogens (primary N) is 1. The third-order valence-electron chi connectivity index (χ3n) is 1.66. The third kappa shape index (κ3) is 4.04. The van der Waals surface area contributed by atoms with Gasteiger partial charge in [0.15, 0.2) is 0 Å². The highest BCUT2D eigenvalue weighted by Crippen LogP contribution is 2.21. The van der Waals surface area contributed by atoms with Gasteiger partial charge in [-0.15, -0.1) is 18.3 Å². The number of benzene rings is 1. The summed E-state index contributed by atoms with van der Waals surface area (Å²) in [7, 11) is 0. The topological polar surface area (TPSA) is 26.0 Å². The van der Waals surface area contributed by atoms with Crippen LogP contribution in [0.1, 0.15) is 13.3 Å². The van der Waals surface area contributed by atoms with Crippen molar-refractivity contribution >= 4 is 17.4 Å². The molecular weight excluding hydrogens is 178 g/mol. The summed E-state index contributed by atoms with van der Waals surface area (Å²) < 4.78 is 0. The van der Waals surface area contributed by atoms with Crippen molar-refractivity contribution in [2.45, 2.75) is 18.2 Å². The van der Waals surface area contributed by atoms with Crippen molar-refractivity contribution in [2.24, 2.45) is 0 Å². The molecule has 0 saturated carbocycles. The van der Waals surface area contributed by atoms with Gasteiger partial charge in [0.2, 0.25) is 0 Å². The zero-order valence-electron chi connectivity index (χ0n) is 7.92. The number of nitrogen functional groups attached to an aromatic ring is 1. The van der Waals surface area contributed by atoms with E-state index < -0.39 is 0 Å². The van der Waals surface area contributed by atoms with Gasteiger partial charge in [0.05, 0.1) is 0 Å². The van der Waals surface area contributed by atoms with Gasteiger partial charge in [-0.2, -0.15) is 0 Å². The molecule has 0 aliphatic rings. The maximum atomic E-state index is 5.66. The average molecular weight is 193 g/mol. The van der Waals surface area contributed by atoms with Crippen LogP contribution in [0.15, 0.2) is 41.3 Å². The molecule has 0 amide bonds. The Hall–Kier alpha value is -0.890. The van der Waals surface area contributed by atoms with Crippen LogP contribution in [-0.2, 0) is 0 Å². The molecule has 1 aromatic carbocycles. The molecule has 0 unspecified atom stereocenters. The fourth-order valence-corrected chi connectivity index (χ4v) is 2.03. The first-order valence-corrected chi connectivity index (χ1v) is 5.30. The molecule has 2 N–H and O–H groups in total. The van der Waals surface area contributed by atoms with Gasteiger partial charge in [-0.25, -0.2) is 0 Å². The summed E-state index contributed by atoms with van der Waals surface area (Å²) in [5.41, 5.74) is 7.73. The van der Waals surface area contributed by atoms with Crippen molar-refractivity contribution in [2.75, 3.05) is 11.5 Å². The number of thioether (sulfide) groups is 1. The van der Waals surface area contributed by atoms with Gasteiger partial charge < -0.3 is 5.73 Å². The third-order valence-corrected chi connectivity index (χ3v) is 2.65. The smallest absolute Gasteiger partial charge is 0.0325 e. The van der Waals surface area contributed by atoms with E-state index in [0.717, 1.165) is 17.9 Å². The summed E-state index contributed by atoms with van der Waals surface area (Å²) in [6.45, 7) is 5.92. The minimum atomic E-state index is 0.834. The van der Waals surface area contributed by atoms with Gasteiger partial charge in [0.25, 0.3) is 0 Å². The summed E-state index contributed by atoms with van der Waals surface area (Å²) in [5, 5.41) is 0. The van der Waals surface area contributed by atoms with Crippen LogP contribution in [0.25, 0.3) is 0 Å². The van der Waals surface area contributed by atoms with Crippen molar-refractivity contribution in [1.29, 1.82) is 0 Å². The minimum absolute atomic E-state index is 0.834. The Morgan fingerprint density at radius 2 is 2.31 bits per heavy atom. The van der Waals surface area contributed by atoms with Crippen LogP contribution in [0, 0.1) is 0 Å². The van der Waals surface area contributed by atoms with E-state index >= 15 is 0 Å². The van der Waals surface area contributed by atoms with Gasteiger partial charge in [-0.3, -0.25) is 0 Å². The van der Waals surface area contributed by atoms with E-state index in [-0.39, 0.29) is 0 Å². The molecule has 1 aromatic rings. The van der Waals surface area contributed by atoms with Gasteiger partial charge in [-0.1, -0.05) is 11.6 Å². The lowest BCUT2D eigenvalue weighted by atomic mass is 10.3. The first kappa shape index (κ1) is 10.2. The molecule has 0 heterocycles.